The van der Waals surface area contributed by atoms with Crippen LogP contribution in [-0.2, 0) is 0 Å². The molecule has 9 rings (SSSR count). The van der Waals surface area contributed by atoms with E-state index in [-0.39, 0.29) is 0 Å². The average Bonchev–Trinajstić information content (AvgIpc) is 3.32. The van der Waals surface area contributed by atoms with Gasteiger partial charge in [0, 0.05) is 32.8 Å². The Hall–Kier alpha value is -9.51. The van der Waals surface area contributed by atoms with Crippen LogP contribution in [0.4, 0.5) is 5.69 Å². The van der Waals surface area contributed by atoms with Crippen LogP contribution in [0.2, 0.25) is 0 Å². The normalized spacial score (nSPS) is 10.6. The summed E-state index contributed by atoms with van der Waals surface area (Å²) in [6, 6.07) is 52.8. The average molecular weight is 762 g/mol. The fraction of sp³-hybridized carbons (Fsp3) is 0. The fourth-order valence-electron chi connectivity index (χ4n) is 7.53. The van der Waals surface area contributed by atoms with E-state index in [1.54, 1.807) is 60.7 Å². The molecule has 2 heterocycles. The first kappa shape index (κ1) is 36.1. The number of hydrogen-bond donors (Lipinski definition) is 0. The Morgan fingerprint density at radius 1 is 0.400 bits per heavy atom. The number of nitrogens with zero attached hydrogens (tertiary/aromatic N) is 9. The number of aromatic nitrogens is 3. The van der Waals surface area contributed by atoms with Crippen LogP contribution in [0.3, 0.4) is 0 Å². The zero-order chi connectivity index (χ0) is 41.3. The molecule has 0 radical (unpaired) electrons. The molecule has 2 aromatic heterocycles. The van der Waals surface area contributed by atoms with E-state index in [0.29, 0.717) is 78.3 Å². The summed E-state index contributed by atoms with van der Waals surface area (Å²) in [6.45, 7) is 7.55. The first-order valence-corrected chi connectivity index (χ1v) is 18.5. The molecule has 0 aliphatic rings. The summed E-state index contributed by atoms with van der Waals surface area (Å²) in [6.07, 6.45) is 0. The molecule has 0 spiro atoms. The van der Waals surface area contributed by atoms with E-state index in [9.17, 15) is 26.3 Å². The minimum absolute atomic E-state index is 0.307. The molecule has 0 saturated heterocycles. The number of benzene rings is 7. The molecule has 0 amide bonds. The second kappa shape index (κ2) is 14.9. The van der Waals surface area contributed by atoms with Gasteiger partial charge in [-0.25, -0.2) is 19.8 Å². The van der Waals surface area contributed by atoms with Gasteiger partial charge in [-0.05, 0) is 82.9 Å². The van der Waals surface area contributed by atoms with E-state index in [2.05, 4.69) is 35.2 Å². The topological polar surface area (TPSA) is 162 Å². The molecule has 0 unspecified atom stereocenters. The fourth-order valence-corrected chi connectivity index (χ4v) is 7.53. The molecule has 9 nitrogen and oxygen atoms in total. The van der Waals surface area contributed by atoms with Crippen LogP contribution in [0.25, 0.3) is 93.6 Å². The van der Waals surface area contributed by atoms with E-state index >= 15 is 0 Å². The van der Waals surface area contributed by atoms with Gasteiger partial charge in [0.05, 0.1) is 98.4 Å². The molecule has 0 saturated carbocycles. The van der Waals surface area contributed by atoms with Crippen molar-refractivity contribution in [1.29, 1.82) is 26.3 Å². The Kier molecular flexibility index (Phi) is 8.95. The van der Waals surface area contributed by atoms with Crippen molar-refractivity contribution >= 4 is 38.4 Å². The van der Waals surface area contributed by atoms with Crippen molar-refractivity contribution in [2.75, 3.05) is 0 Å². The molecule has 0 aliphatic heterocycles. The van der Waals surface area contributed by atoms with Gasteiger partial charge in [-0.2, -0.15) is 26.3 Å². The van der Waals surface area contributed by atoms with Crippen LogP contribution in [-0.4, -0.2) is 15.0 Å². The summed E-state index contributed by atoms with van der Waals surface area (Å²) in [5.74, 6) is 0. The zero-order valence-corrected chi connectivity index (χ0v) is 31.3. The summed E-state index contributed by atoms with van der Waals surface area (Å²) < 4.78 is 0. The third-order valence-electron chi connectivity index (χ3n) is 10.3. The number of hydrogen-bond acceptors (Lipinski definition) is 8. The van der Waals surface area contributed by atoms with Crippen molar-refractivity contribution < 1.29 is 0 Å². The zero-order valence-electron chi connectivity index (χ0n) is 31.3. The molecule has 0 atom stereocenters. The first-order chi connectivity index (χ1) is 29.4. The van der Waals surface area contributed by atoms with Crippen molar-refractivity contribution in [3.05, 3.63) is 179 Å². The Morgan fingerprint density at radius 3 is 1.45 bits per heavy atom. The van der Waals surface area contributed by atoms with E-state index in [0.717, 1.165) is 43.9 Å². The summed E-state index contributed by atoms with van der Waals surface area (Å²) in [5, 5.41) is 51.3. The Morgan fingerprint density at radius 2 is 0.883 bits per heavy atom. The number of nitriles is 5. The van der Waals surface area contributed by atoms with Gasteiger partial charge in [-0.3, -0.25) is 0 Å². The first-order valence-electron chi connectivity index (χ1n) is 18.5. The van der Waals surface area contributed by atoms with Crippen molar-refractivity contribution in [2.45, 2.75) is 0 Å². The van der Waals surface area contributed by atoms with Crippen LogP contribution in [0.1, 0.15) is 27.8 Å². The smallest absolute Gasteiger partial charge is 0.187 e. The van der Waals surface area contributed by atoms with Crippen LogP contribution in [0.15, 0.2) is 140 Å². The number of pyridine rings is 1. The second-order valence-corrected chi connectivity index (χ2v) is 13.9. The highest BCUT2D eigenvalue weighted by Gasteiger charge is 2.23. The van der Waals surface area contributed by atoms with Crippen LogP contribution in [0.5, 0.6) is 0 Å². The monoisotopic (exact) mass is 761 g/mol. The lowest BCUT2D eigenvalue weighted by Gasteiger charge is -2.18. The molecule has 0 bridgehead atoms. The lowest BCUT2D eigenvalue weighted by Crippen LogP contribution is -2.00. The molecule has 0 N–H and O–H groups in total. The summed E-state index contributed by atoms with van der Waals surface area (Å²) in [4.78, 5) is 19.7. The van der Waals surface area contributed by atoms with E-state index in [1.165, 1.54) is 0 Å². The van der Waals surface area contributed by atoms with Crippen molar-refractivity contribution in [3.8, 4) is 86.4 Å². The maximum absolute atomic E-state index is 10.1. The van der Waals surface area contributed by atoms with Crippen molar-refractivity contribution in [2.24, 2.45) is 0 Å². The van der Waals surface area contributed by atoms with Crippen LogP contribution >= 0.6 is 0 Å². The minimum Gasteiger partial charge on any atom is -0.247 e. The third-order valence-corrected chi connectivity index (χ3v) is 10.3. The Balaban J connectivity index is 1.41. The SMILES string of the molecule is [C-]#[N+]c1ccc(-c2nc3c(nc2-c2ccc(C#N)cc2)c(-c2cc(C#N)cc(C#N)c2)cc2c(-c4ccc(-c5cc(C#N)cc(C#N)c5)cc4)nc4ccccc4c23)cc1. The minimum atomic E-state index is 0.307. The van der Waals surface area contributed by atoms with Gasteiger partial charge in [0.1, 0.15) is 0 Å². The largest absolute Gasteiger partial charge is 0.247 e. The quantitative estimate of drug-likeness (QED) is 0.124. The number of rotatable bonds is 5. The molecular formula is C51H23N9. The van der Waals surface area contributed by atoms with Gasteiger partial charge < -0.3 is 0 Å². The predicted octanol–water partition coefficient (Wildman–Crippen LogP) is 11.6. The highest BCUT2D eigenvalue weighted by atomic mass is 14.8. The summed E-state index contributed by atoms with van der Waals surface area (Å²) in [5.41, 5.74) is 10.9. The molecule has 9 heteroatoms. The number of fused-ring (bicyclic) bond motifs is 5. The van der Waals surface area contributed by atoms with Gasteiger partial charge in [0.25, 0.3) is 0 Å². The molecular weight excluding hydrogens is 739 g/mol. The summed E-state index contributed by atoms with van der Waals surface area (Å²) >= 11 is 0. The lowest BCUT2D eigenvalue weighted by molar-refractivity contribution is 1.30. The maximum atomic E-state index is 10.1. The molecule has 0 fully saturated rings. The molecule has 9 aromatic rings. The molecule has 0 aliphatic carbocycles. The van der Waals surface area contributed by atoms with Crippen molar-refractivity contribution in [3.63, 3.8) is 0 Å². The molecule has 60 heavy (non-hydrogen) atoms. The second-order valence-electron chi connectivity index (χ2n) is 13.9. The maximum Gasteiger partial charge on any atom is 0.187 e. The van der Waals surface area contributed by atoms with Crippen LogP contribution in [0, 0.1) is 63.2 Å². The van der Waals surface area contributed by atoms with Gasteiger partial charge in [-0.15, -0.1) is 0 Å². The lowest BCUT2D eigenvalue weighted by atomic mass is 9.91. The summed E-state index contributed by atoms with van der Waals surface area (Å²) in [7, 11) is 0. The van der Waals surface area contributed by atoms with Gasteiger partial charge in [0.2, 0.25) is 0 Å². The Bertz CT molecular complexity index is 3460. The van der Waals surface area contributed by atoms with Gasteiger partial charge >= 0.3 is 0 Å². The van der Waals surface area contributed by atoms with E-state index in [1.807, 2.05) is 78.9 Å². The standard InChI is InChI=1S/C51H23N9/c1-57-41-16-14-38(15-17-41)49-48(37-8-6-30(25-52)7-9-37)59-50-43(40-22-33(28-55)19-34(23-40)29-56)24-44-46(51(50)60-49)42-4-2-3-5-45(42)58-47(44)36-12-10-35(11-13-36)39-20-31(26-53)18-32(21-39)27-54/h2-24H. The highest BCUT2D eigenvalue weighted by molar-refractivity contribution is 6.24. The molecule has 272 valence electrons. The van der Waals surface area contributed by atoms with E-state index in [4.69, 9.17) is 21.5 Å². The van der Waals surface area contributed by atoms with Crippen molar-refractivity contribution in [1.82, 2.24) is 15.0 Å². The number of para-hydroxylation sites is 1. The van der Waals surface area contributed by atoms with E-state index < -0.39 is 0 Å². The third kappa shape index (κ3) is 6.33. The highest BCUT2D eigenvalue weighted by Crippen LogP contribution is 2.43. The van der Waals surface area contributed by atoms with Crippen LogP contribution < -0.4 is 0 Å². The predicted molar refractivity (Wildman–Crippen MR) is 229 cm³/mol. The van der Waals surface area contributed by atoms with Gasteiger partial charge in [-0.1, -0.05) is 78.9 Å². The molecule has 7 aromatic carbocycles. The Labute approximate surface area is 343 Å². The van der Waals surface area contributed by atoms with Gasteiger partial charge in [0.15, 0.2) is 5.69 Å².